The minimum Gasteiger partial charge on any atom is -0.374 e. The van der Waals surface area contributed by atoms with Crippen molar-refractivity contribution >= 4 is 0 Å². The fourth-order valence-corrected chi connectivity index (χ4v) is 6.47. The Morgan fingerprint density at radius 3 is 1.91 bits per heavy atom. The maximum Gasteiger partial charge on any atom is 0.162 e. The maximum atomic E-state index is 15.1. The highest BCUT2D eigenvalue weighted by atomic mass is 19.2. The first-order chi connectivity index (χ1) is 16.0. The average Bonchev–Trinajstić information content (AvgIpc) is 2.85. The topological polar surface area (TPSA) is 9.23 Å². The van der Waals surface area contributed by atoms with E-state index in [9.17, 15) is 4.39 Å². The van der Waals surface area contributed by atoms with Crippen LogP contribution >= 0.6 is 0 Å². The first kappa shape index (κ1) is 24.6. The number of benzene rings is 1. The van der Waals surface area contributed by atoms with Crippen molar-refractivity contribution in [2.24, 2.45) is 17.8 Å². The Morgan fingerprint density at radius 2 is 1.39 bits per heavy atom. The third-order valence-corrected chi connectivity index (χ3v) is 8.71. The number of ether oxygens (including phenoxy) is 1. The molecule has 0 aromatic heterocycles. The Labute approximate surface area is 197 Å². The van der Waals surface area contributed by atoms with Crippen molar-refractivity contribution in [1.29, 1.82) is 0 Å². The SMILES string of the molecule is C=CC1CCC(c2ccc(C3CCC(CCC4C=C(F)C(OC)CC4)CC3)c(F)c2F)CC1. The van der Waals surface area contributed by atoms with E-state index in [1.807, 2.05) is 18.2 Å². The molecule has 0 heterocycles. The molecule has 2 fully saturated rings. The molecule has 0 saturated heterocycles. The molecule has 3 aliphatic rings. The molecule has 1 nitrogen and oxygen atoms in total. The Kier molecular flexibility index (Phi) is 8.38. The summed E-state index contributed by atoms with van der Waals surface area (Å²) in [6.45, 7) is 3.87. The van der Waals surface area contributed by atoms with Crippen LogP contribution in [0.4, 0.5) is 13.2 Å². The van der Waals surface area contributed by atoms with Gasteiger partial charge in [0.05, 0.1) is 0 Å². The van der Waals surface area contributed by atoms with Crippen molar-refractivity contribution in [3.63, 3.8) is 0 Å². The molecular formula is C29H39F3O. The second-order valence-electron chi connectivity index (χ2n) is 10.6. The predicted octanol–water partition coefficient (Wildman–Crippen LogP) is 8.76. The summed E-state index contributed by atoms with van der Waals surface area (Å²) >= 11 is 0. The van der Waals surface area contributed by atoms with Gasteiger partial charge in [-0.05, 0) is 124 Å². The highest BCUT2D eigenvalue weighted by molar-refractivity contribution is 5.32. The Bertz CT molecular complexity index is 832. The van der Waals surface area contributed by atoms with Crippen LogP contribution in [0.3, 0.4) is 0 Å². The van der Waals surface area contributed by atoms with Gasteiger partial charge in [-0.15, -0.1) is 6.58 Å². The van der Waals surface area contributed by atoms with Gasteiger partial charge in [0.25, 0.3) is 0 Å². The molecule has 4 rings (SSSR count). The number of hydrogen-bond donors (Lipinski definition) is 0. The van der Waals surface area contributed by atoms with Gasteiger partial charge in [-0.2, -0.15) is 0 Å². The molecule has 0 aliphatic heterocycles. The van der Waals surface area contributed by atoms with Crippen LogP contribution in [-0.4, -0.2) is 13.2 Å². The molecule has 2 atom stereocenters. The second kappa shape index (κ2) is 11.3. The van der Waals surface area contributed by atoms with Crippen LogP contribution in [0.2, 0.25) is 0 Å². The van der Waals surface area contributed by atoms with Gasteiger partial charge in [0.1, 0.15) is 11.9 Å². The molecule has 0 radical (unpaired) electrons. The van der Waals surface area contributed by atoms with E-state index in [-0.39, 0.29) is 23.8 Å². The van der Waals surface area contributed by atoms with E-state index in [4.69, 9.17) is 4.74 Å². The van der Waals surface area contributed by atoms with Gasteiger partial charge in [0, 0.05) is 7.11 Å². The lowest BCUT2D eigenvalue weighted by atomic mass is 9.74. The Hall–Kier alpha value is -1.55. The largest absolute Gasteiger partial charge is 0.374 e. The molecule has 0 amide bonds. The minimum atomic E-state index is -0.614. The summed E-state index contributed by atoms with van der Waals surface area (Å²) < 4.78 is 49.3. The molecule has 3 aliphatic carbocycles. The summed E-state index contributed by atoms with van der Waals surface area (Å²) in [5.74, 6) is 0.301. The van der Waals surface area contributed by atoms with E-state index < -0.39 is 11.6 Å². The summed E-state index contributed by atoms with van der Waals surface area (Å²) in [6.07, 6.45) is 14.9. The fraction of sp³-hybridized carbons (Fsp3) is 0.655. The molecule has 33 heavy (non-hydrogen) atoms. The van der Waals surface area contributed by atoms with Gasteiger partial charge in [-0.1, -0.05) is 18.2 Å². The molecule has 0 spiro atoms. The molecule has 2 unspecified atom stereocenters. The van der Waals surface area contributed by atoms with Crippen molar-refractivity contribution in [3.8, 4) is 0 Å². The third kappa shape index (κ3) is 5.75. The zero-order chi connectivity index (χ0) is 23.4. The first-order valence-corrected chi connectivity index (χ1v) is 13.0. The smallest absolute Gasteiger partial charge is 0.162 e. The monoisotopic (exact) mass is 460 g/mol. The normalized spacial score (nSPS) is 32.9. The van der Waals surface area contributed by atoms with Crippen LogP contribution in [0.1, 0.15) is 100 Å². The van der Waals surface area contributed by atoms with Crippen LogP contribution < -0.4 is 0 Å². The number of hydrogen-bond acceptors (Lipinski definition) is 1. The molecule has 182 valence electrons. The lowest BCUT2D eigenvalue weighted by Gasteiger charge is -2.31. The van der Waals surface area contributed by atoms with E-state index >= 15 is 8.78 Å². The van der Waals surface area contributed by atoms with Crippen molar-refractivity contribution in [3.05, 3.63) is 59.5 Å². The molecule has 0 N–H and O–H groups in total. The van der Waals surface area contributed by atoms with Crippen molar-refractivity contribution in [2.45, 2.75) is 95.0 Å². The summed E-state index contributed by atoms with van der Waals surface area (Å²) in [5.41, 5.74) is 1.13. The van der Waals surface area contributed by atoms with Crippen LogP contribution in [0.25, 0.3) is 0 Å². The molecule has 1 aromatic rings. The van der Waals surface area contributed by atoms with Crippen molar-refractivity contribution in [2.75, 3.05) is 7.11 Å². The minimum absolute atomic E-state index is 0.107. The second-order valence-corrected chi connectivity index (χ2v) is 10.6. The zero-order valence-electron chi connectivity index (χ0n) is 20.0. The van der Waals surface area contributed by atoms with E-state index in [1.165, 1.54) is 0 Å². The van der Waals surface area contributed by atoms with Crippen LogP contribution in [-0.2, 0) is 4.74 Å². The van der Waals surface area contributed by atoms with Gasteiger partial charge in [0.15, 0.2) is 11.6 Å². The number of allylic oxidation sites excluding steroid dienone is 2. The fourth-order valence-electron chi connectivity index (χ4n) is 6.47. The standard InChI is InChI=1S/C29H39F3O/c1-3-19-6-11-22(12-7-19)24-15-16-25(29(32)28(24)31)23-13-8-20(9-14-23)4-5-21-10-17-27(33-2)26(30)18-21/h3,15-16,18-23,27H,1,4-14,17H2,2H3. The third-order valence-electron chi connectivity index (χ3n) is 8.71. The van der Waals surface area contributed by atoms with E-state index in [0.29, 0.717) is 28.9 Å². The van der Waals surface area contributed by atoms with Crippen LogP contribution in [0.15, 0.2) is 36.7 Å². The number of rotatable bonds is 7. The quantitative estimate of drug-likeness (QED) is 0.370. The maximum absolute atomic E-state index is 15.1. The highest BCUT2D eigenvalue weighted by Crippen LogP contribution is 2.42. The van der Waals surface area contributed by atoms with Gasteiger partial charge in [-0.3, -0.25) is 0 Å². The van der Waals surface area contributed by atoms with E-state index in [2.05, 4.69) is 6.58 Å². The van der Waals surface area contributed by atoms with Gasteiger partial charge in [-0.25, -0.2) is 13.2 Å². The predicted molar refractivity (Wildman–Crippen MR) is 128 cm³/mol. The summed E-state index contributed by atoms with van der Waals surface area (Å²) in [5, 5.41) is 0. The lowest BCUT2D eigenvalue weighted by molar-refractivity contribution is 0.0906. The van der Waals surface area contributed by atoms with E-state index in [1.54, 1.807) is 13.2 Å². The van der Waals surface area contributed by atoms with Crippen molar-refractivity contribution in [1.82, 2.24) is 0 Å². The van der Waals surface area contributed by atoms with Gasteiger partial charge < -0.3 is 4.74 Å². The summed E-state index contributed by atoms with van der Waals surface area (Å²) in [7, 11) is 1.56. The Morgan fingerprint density at radius 1 is 0.818 bits per heavy atom. The molecular weight excluding hydrogens is 421 g/mol. The van der Waals surface area contributed by atoms with Crippen molar-refractivity contribution < 1.29 is 17.9 Å². The number of halogens is 3. The molecule has 0 bridgehead atoms. The first-order valence-electron chi connectivity index (χ1n) is 13.0. The summed E-state index contributed by atoms with van der Waals surface area (Å²) in [4.78, 5) is 0. The highest BCUT2D eigenvalue weighted by Gasteiger charge is 2.30. The number of methoxy groups -OCH3 is 1. The lowest BCUT2D eigenvalue weighted by Crippen LogP contribution is -2.20. The zero-order valence-corrected chi connectivity index (χ0v) is 20.0. The van der Waals surface area contributed by atoms with Crippen LogP contribution in [0.5, 0.6) is 0 Å². The molecule has 1 aromatic carbocycles. The van der Waals surface area contributed by atoms with Crippen LogP contribution in [0, 0.1) is 29.4 Å². The molecule has 2 saturated carbocycles. The van der Waals surface area contributed by atoms with Gasteiger partial charge in [0.2, 0.25) is 0 Å². The Balaban J connectivity index is 1.29. The molecule has 4 heteroatoms. The summed E-state index contributed by atoms with van der Waals surface area (Å²) in [6, 6.07) is 3.72. The average molecular weight is 461 g/mol. The van der Waals surface area contributed by atoms with E-state index in [0.717, 1.165) is 77.0 Å². The van der Waals surface area contributed by atoms with Gasteiger partial charge >= 0.3 is 0 Å².